The number of esters is 1. The van der Waals surface area contributed by atoms with E-state index in [2.05, 4.69) is 56.5 Å². The Kier molecular flexibility index (Phi) is 51.5. The highest BCUT2D eigenvalue weighted by Gasteiger charge is 2.24. The number of ether oxygens (including phenoxy) is 1. The predicted octanol–water partition coefficient (Wildman–Crippen LogP) is 17.6. The van der Waals surface area contributed by atoms with Crippen LogP contribution in [0.25, 0.3) is 0 Å². The van der Waals surface area contributed by atoms with Crippen LogP contribution in [0.1, 0.15) is 303 Å². The molecule has 0 fully saturated rings. The number of allylic oxidation sites excluding steroid dienone is 6. The Morgan fingerprint density at radius 2 is 0.831 bits per heavy atom. The summed E-state index contributed by atoms with van der Waals surface area (Å²) in [5, 5.41) is 23.8. The lowest BCUT2D eigenvalue weighted by atomic mass is 10.0. The zero-order chi connectivity index (χ0) is 47.4. The van der Waals surface area contributed by atoms with E-state index in [9.17, 15) is 19.8 Å². The van der Waals surface area contributed by atoms with Gasteiger partial charge >= 0.3 is 5.97 Å². The van der Waals surface area contributed by atoms with Crippen LogP contribution in [0, 0.1) is 0 Å². The third-order valence-corrected chi connectivity index (χ3v) is 13.3. The summed E-state index contributed by atoms with van der Waals surface area (Å²) >= 11 is 0. The van der Waals surface area contributed by atoms with Gasteiger partial charge in [-0.15, -0.1) is 0 Å². The van der Waals surface area contributed by atoms with Crippen molar-refractivity contribution in [3.05, 3.63) is 36.5 Å². The lowest BCUT2D eigenvalue weighted by molar-refractivity contribution is -0.151. The van der Waals surface area contributed by atoms with Crippen LogP contribution >= 0.6 is 0 Å². The summed E-state index contributed by atoms with van der Waals surface area (Å²) in [4.78, 5) is 26.2. The molecule has 0 aromatic rings. The quantitative estimate of drug-likeness (QED) is 0.0321. The first-order valence-corrected chi connectivity index (χ1v) is 28.7. The molecule has 0 rings (SSSR count). The number of rotatable bonds is 52. The van der Waals surface area contributed by atoms with Crippen LogP contribution in [0.4, 0.5) is 0 Å². The van der Waals surface area contributed by atoms with Crippen molar-refractivity contribution in [2.75, 3.05) is 6.61 Å². The van der Waals surface area contributed by atoms with Gasteiger partial charge in [-0.2, -0.15) is 0 Å². The van der Waals surface area contributed by atoms with Gasteiger partial charge in [0.2, 0.25) is 5.91 Å². The average molecular weight is 915 g/mol. The zero-order valence-electron chi connectivity index (χ0n) is 43.6. The minimum Gasteiger partial charge on any atom is -0.462 e. The Labute approximate surface area is 404 Å². The van der Waals surface area contributed by atoms with E-state index < -0.39 is 18.2 Å². The molecule has 3 atom stereocenters. The number of nitrogens with one attached hydrogen (secondary N) is 1. The molecule has 0 aliphatic heterocycles. The molecule has 65 heavy (non-hydrogen) atoms. The Balaban J connectivity index is 4.43. The molecule has 0 bridgehead atoms. The van der Waals surface area contributed by atoms with Crippen LogP contribution in [-0.4, -0.2) is 46.9 Å². The molecule has 0 saturated heterocycles. The van der Waals surface area contributed by atoms with Crippen LogP contribution in [0.3, 0.4) is 0 Å². The number of aliphatic hydroxyl groups excluding tert-OH is 2. The molecule has 0 aliphatic carbocycles. The van der Waals surface area contributed by atoms with Gasteiger partial charge in [-0.1, -0.05) is 282 Å². The largest absolute Gasteiger partial charge is 0.462 e. The Bertz CT molecular complexity index is 1070. The molecule has 6 nitrogen and oxygen atoms in total. The molecule has 3 N–H and O–H groups in total. The molecular formula is C59H111NO5. The monoisotopic (exact) mass is 914 g/mol. The molecule has 0 saturated carbocycles. The van der Waals surface area contributed by atoms with E-state index in [-0.39, 0.29) is 24.9 Å². The number of aliphatic hydroxyl groups is 2. The van der Waals surface area contributed by atoms with Crippen molar-refractivity contribution in [2.24, 2.45) is 0 Å². The molecule has 0 aromatic carbocycles. The summed E-state index contributed by atoms with van der Waals surface area (Å²) in [5.41, 5.74) is 0. The van der Waals surface area contributed by atoms with E-state index in [1.54, 1.807) is 0 Å². The third-order valence-electron chi connectivity index (χ3n) is 13.3. The van der Waals surface area contributed by atoms with Gasteiger partial charge in [-0.25, -0.2) is 0 Å². The predicted molar refractivity (Wildman–Crippen MR) is 282 cm³/mol. The second-order valence-electron chi connectivity index (χ2n) is 19.7. The Hall–Kier alpha value is -1.92. The van der Waals surface area contributed by atoms with E-state index in [0.717, 1.165) is 70.6 Å². The van der Waals surface area contributed by atoms with Crippen molar-refractivity contribution in [1.82, 2.24) is 5.32 Å². The molecule has 382 valence electrons. The van der Waals surface area contributed by atoms with Crippen LogP contribution in [0.5, 0.6) is 0 Å². The maximum Gasteiger partial charge on any atom is 0.306 e. The Morgan fingerprint density at radius 1 is 0.462 bits per heavy atom. The second-order valence-corrected chi connectivity index (χ2v) is 19.7. The van der Waals surface area contributed by atoms with Gasteiger partial charge in [0, 0.05) is 6.42 Å². The summed E-state index contributed by atoms with van der Waals surface area (Å²) < 4.78 is 5.94. The van der Waals surface area contributed by atoms with Gasteiger partial charge < -0.3 is 20.3 Å². The molecule has 0 aromatic heterocycles. The van der Waals surface area contributed by atoms with Gasteiger partial charge in [0.25, 0.3) is 0 Å². The number of carbonyl (C=O) groups is 2. The molecule has 1 amide bonds. The second kappa shape index (κ2) is 53.0. The first kappa shape index (κ1) is 63.1. The highest BCUT2D eigenvalue weighted by Crippen LogP contribution is 2.19. The lowest BCUT2D eigenvalue weighted by Crippen LogP contribution is -2.46. The van der Waals surface area contributed by atoms with E-state index in [4.69, 9.17) is 4.74 Å². The summed E-state index contributed by atoms with van der Waals surface area (Å²) in [6, 6.07) is -0.710. The molecule has 0 heterocycles. The highest BCUT2D eigenvalue weighted by molar-refractivity contribution is 5.77. The summed E-state index contributed by atoms with van der Waals surface area (Å²) in [5.74, 6) is -0.493. The molecular weight excluding hydrogens is 803 g/mol. The number of unbranched alkanes of at least 4 members (excludes halogenated alkanes) is 36. The van der Waals surface area contributed by atoms with Crippen molar-refractivity contribution in [1.29, 1.82) is 0 Å². The highest BCUT2D eigenvalue weighted by atomic mass is 16.5. The zero-order valence-corrected chi connectivity index (χ0v) is 43.6. The molecule has 0 spiro atoms. The molecule has 6 heteroatoms. The van der Waals surface area contributed by atoms with Crippen LogP contribution in [0.2, 0.25) is 0 Å². The van der Waals surface area contributed by atoms with E-state index in [0.29, 0.717) is 19.3 Å². The number of hydrogen-bond donors (Lipinski definition) is 3. The maximum atomic E-state index is 13.2. The van der Waals surface area contributed by atoms with Crippen LogP contribution in [0.15, 0.2) is 36.5 Å². The smallest absolute Gasteiger partial charge is 0.306 e. The third kappa shape index (κ3) is 48.3. The fourth-order valence-electron chi connectivity index (χ4n) is 8.96. The number of carbonyl (C=O) groups excluding carboxylic acids is 2. The van der Waals surface area contributed by atoms with Crippen molar-refractivity contribution < 1.29 is 24.5 Å². The van der Waals surface area contributed by atoms with E-state index >= 15 is 0 Å². The fourth-order valence-corrected chi connectivity index (χ4v) is 8.96. The van der Waals surface area contributed by atoms with Gasteiger partial charge in [0.05, 0.1) is 25.2 Å². The normalized spacial score (nSPS) is 13.4. The standard InChI is InChI=1S/C59H111NO5/c1-4-7-10-13-16-19-22-24-26-28-29-30-32-34-37-40-43-46-49-52-59(64)65-55(50-47-44-41-38-35-21-18-15-12-9-6-3)53-58(63)60-56(54-61)57(62)51-48-45-42-39-36-33-31-27-25-23-20-17-14-11-8-5-2/h9,12,15,18,21,35,55-57,61-62H,4-8,10-11,13-14,16-17,19-20,22-34,36-54H2,1-3H3,(H,60,63)/b12-9+,18-15+,35-21-. The van der Waals surface area contributed by atoms with Crippen molar-refractivity contribution in [3.63, 3.8) is 0 Å². The van der Waals surface area contributed by atoms with Gasteiger partial charge in [-0.05, 0) is 44.9 Å². The Morgan fingerprint density at radius 3 is 1.25 bits per heavy atom. The van der Waals surface area contributed by atoms with Crippen LogP contribution in [-0.2, 0) is 14.3 Å². The molecule has 0 radical (unpaired) electrons. The summed E-state index contributed by atoms with van der Waals surface area (Å²) in [6.45, 7) is 6.38. The summed E-state index contributed by atoms with van der Waals surface area (Å²) in [6.07, 6.45) is 63.7. The van der Waals surface area contributed by atoms with Crippen molar-refractivity contribution in [2.45, 2.75) is 322 Å². The van der Waals surface area contributed by atoms with Gasteiger partial charge in [-0.3, -0.25) is 9.59 Å². The SMILES string of the molecule is CC/C=C/C=C/C=C\CCCCCC(CC(=O)NC(CO)C(O)CCCCCCCCCCCCCCCCCC)OC(=O)CCCCCCCCCCCCCCCCCCCCC. The lowest BCUT2D eigenvalue weighted by Gasteiger charge is -2.24. The van der Waals surface area contributed by atoms with Gasteiger partial charge in [0.1, 0.15) is 6.10 Å². The van der Waals surface area contributed by atoms with E-state index in [1.807, 2.05) is 6.08 Å². The minimum atomic E-state index is -0.795. The fraction of sp³-hybridized carbons (Fsp3) is 0.864. The van der Waals surface area contributed by atoms with Crippen molar-refractivity contribution >= 4 is 11.9 Å². The average Bonchev–Trinajstić information content (AvgIpc) is 3.30. The van der Waals surface area contributed by atoms with Gasteiger partial charge in [0.15, 0.2) is 0 Å². The minimum absolute atomic E-state index is 0.0587. The summed E-state index contributed by atoms with van der Waals surface area (Å²) in [7, 11) is 0. The van der Waals surface area contributed by atoms with Crippen LogP contribution < -0.4 is 5.32 Å². The van der Waals surface area contributed by atoms with Crippen molar-refractivity contribution in [3.8, 4) is 0 Å². The maximum absolute atomic E-state index is 13.2. The topological polar surface area (TPSA) is 95.9 Å². The first-order chi connectivity index (χ1) is 32.0. The molecule has 0 aliphatic rings. The number of amides is 1. The number of hydrogen-bond acceptors (Lipinski definition) is 5. The molecule has 3 unspecified atom stereocenters. The first-order valence-electron chi connectivity index (χ1n) is 28.7. The van der Waals surface area contributed by atoms with E-state index in [1.165, 1.54) is 186 Å².